The quantitative estimate of drug-likeness (QED) is 0.220. The molecule has 3 aliphatic rings. The van der Waals surface area contributed by atoms with Gasteiger partial charge in [-0.05, 0) is 44.4 Å². The van der Waals surface area contributed by atoms with Crippen molar-refractivity contribution in [3.05, 3.63) is 83.6 Å². The number of allylic oxidation sites excluding steroid dienone is 4. The van der Waals surface area contributed by atoms with Crippen molar-refractivity contribution < 1.29 is 34.5 Å². The number of nitrogens with one attached hydrogen (secondary N) is 1. The number of benzene rings is 2. The molecule has 5 rings (SSSR count). The summed E-state index contributed by atoms with van der Waals surface area (Å²) in [6, 6.07) is 15.8. The van der Waals surface area contributed by atoms with Crippen LogP contribution in [-0.2, 0) is 20.4 Å². The summed E-state index contributed by atoms with van der Waals surface area (Å²) in [4.78, 5) is 15.0. The third kappa shape index (κ3) is 5.75. The number of hydrogen-bond donors (Lipinski definition) is 5. The lowest BCUT2D eigenvalue weighted by atomic mass is 9.81. The number of rotatable bonds is 9. The van der Waals surface area contributed by atoms with Gasteiger partial charge in [0, 0.05) is 47.5 Å². The third-order valence-electron chi connectivity index (χ3n) is 9.51. The molecule has 44 heavy (non-hydrogen) atoms. The molecule has 0 spiro atoms. The molecule has 0 radical (unpaired) electrons. The van der Waals surface area contributed by atoms with Crippen LogP contribution in [0.3, 0.4) is 0 Å². The van der Waals surface area contributed by atoms with Gasteiger partial charge >= 0.3 is 0 Å². The average Bonchev–Trinajstić information content (AvgIpc) is 3.33. The maximum absolute atomic E-state index is 12.7. The van der Waals surface area contributed by atoms with E-state index in [0.29, 0.717) is 6.42 Å². The maximum Gasteiger partial charge on any atom is 0.220 e. The van der Waals surface area contributed by atoms with Crippen LogP contribution >= 0.6 is 0 Å². The van der Waals surface area contributed by atoms with Gasteiger partial charge in [0.1, 0.15) is 31.4 Å². The second kappa shape index (κ2) is 12.6. The van der Waals surface area contributed by atoms with E-state index >= 15 is 0 Å². The molecule has 9 heteroatoms. The zero-order valence-corrected chi connectivity index (χ0v) is 26.3. The van der Waals surface area contributed by atoms with Crippen LogP contribution in [0.25, 0.3) is 0 Å². The van der Waals surface area contributed by atoms with E-state index in [-0.39, 0.29) is 23.2 Å². The minimum atomic E-state index is -1.53. The van der Waals surface area contributed by atoms with Crippen molar-refractivity contribution in [2.24, 2.45) is 0 Å². The molecule has 3 heterocycles. The second-order valence-corrected chi connectivity index (χ2v) is 13.1. The first-order valence-corrected chi connectivity index (χ1v) is 15.5. The van der Waals surface area contributed by atoms with E-state index in [9.17, 15) is 25.2 Å². The van der Waals surface area contributed by atoms with Crippen LogP contribution in [0, 0.1) is 0 Å². The molecule has 5 N–H and O–H groups in total. The lowest BCUT2D eigenvalue weighted by Gasteiger charge is -2.40. The van der Waals surface area contributed by atoms with E-state index < -0.39 is 37.3 Å². The number of hydrogen-bond acceptors (Lipinski definition) is 7. The van der Waals surface area contributed by atoms with Crippen LogP contribution in [0.1, 0.15) is 58.1 Å². The topological polar surface area (TPSA) is 126 Å². The largest absolute Gasteiger partial charge is 0.394 e. The Bertz CT molecular complexity index is 1480. The molecule has 0 bridgehead atoms. The van der Waals surface area contributed by atoms with Crippen molar-refractivity contribution in [3.8, 4) is 0 Å². The highest BCUT2D eigenvalue weighted by molar-refractivity contribution is 6.03. The fourth-order valence-electron chi connectivity index (χ4n) is 6.98. The molecule has 9 nitrogen and oxygen atoms in total. The monoisotopic (exact) mass is 604 g/mol. The highest BCUT2D eigenvalue weighted by Crippen LogP contribution is 2.47. The van der Waals surface area contributed by atoms with Crippen molar-refractivity contribution in [3.63, 3.8) is 0 Å². The number of fused-ring (bicyclic) bond motifs is 2. The summed E-state index contributed by atoms with van der Waals surface area (Å²) in [6.07, 6.45) is 2.59. The van der Waals surface area contributed by atoms with Gasteiger partial charge in [-0.1, -0.05) is 56.3 Å². The first-order chi connectivity index (χ1) is 20.9. The minimum absolute atomic E-state index is 0.108. The number of aliphatic hydroxyl groups excluding tert-OH is 4. The number of anilines is 1. The van der Waals surface area contributed by atoms with Gasteiger partial charge in [-0.25, -0.2) is 0 Å². The Kier molecular flexibility index (Phi) is 9.16. The lowest BCUT2D eigenvalue weighted by Crippen LogP contribution is -2.64. The number of carbonyl (C=O) groups is 1. The van der Waals surface area contributed by atoms with Crippen LogP contribution in [-0.4, -0.2) is 87.5 Å². The van der Waals surface area contributed by atoms with Gasteiger partial charge in [0.25, 0.3) is 0 Å². The van der Waals surface area contributed by atoms with Gasteiger partial charge in [0.05, 0.1) is 12.0 Å². The summed E-state index contributed by atoms with van der Waals surface area (Å²) >= 11 is 0. The van der Waals surface area contributed by atoms with Crippen LogP contribution in [0.4, 0.5) is 11.4 Å². The van der Waals surface area contributed by atoms with Crippen molar-refractivity contribution in [2.45, 2.75) is 88.4 Å². The minimum Gasteiger partial charge on any atom is -0.394 e. The maximum atomic E-state index is 12.7. The molecule has 1 unspecified atom stereocenters. The van der Waals surface area contributed by atoms with Crippen LogP contribution < -0.4 is 10.2 Å². The van der Waals surface area contributed by atoms with Crippen molar-refractivity contribution in [1.29, 1.82) is 0 Å². The van der Waals surface area contributed by atoms with Gasteiger partial charge in [0.15, 0.2) is 12.0 Å². The molecular weight excluding hydrogens is 558 g/mol. The standard InChI is InChI=1S/C35H45N3O6/c1-34(2)22-13-6-8-15-24(22)37(5)27(34)17-12-18-28-35(3,4)23-14-7-9-16-25(23)38(28)20-11-10-19-29(40)36-30-32(42)31(41)26(21-39)44-33(30)43/h6-9,12-18,26,30-33,39,41-43H,10-11,19-21H2,1-5H3/p+1/t26-,30-,31+,32-,33?/m1/s1. The molecule has 2 aromatic carbocycles. The summed E-state index contributed by atoms with van der Waals surface area (Å²) in [5, 5.41) is 42.5. The summed E-state index contributed by atoms with van der Waals surface area (Å²) in [5.74, 6) is -0.353. The van der Waals surface area contributed by atoms with E-state index in [0.717, 1.165) is 18.7 Å². The number of ether oxygens (including phenoxy) is 1. The van der Waals surface area contributed by atoms with Crippen LogP contribution in [0.2, 0.25) is 0 Å². The third-order valence-corrected chi connectivity index (χ3v) is 9.51. The number of nitrogens with zero attached hydrogens (tertiary/aromatic N) is 2. The Labute approximate surface area is 259 Å². The first-order valence-electron chi connectivity index (χ1n) is 15.5. The number of unbranched alkanes of at least 4 members (excludes halogenated alkanes) is 1. The molecule has 1 fully saturated rings. The van der Waals surface area contributed by atoms with Crippen molar-refractivity contribution >= 4 is 23.0 Å². The molecule has 236 valence electrons. The van der Waals surface area contributed by atoms with E-state index in [2.05, 4.69) is 116 Å². The Balaban J connectivity index is 1.26. The lowest BCUT2D eigenvalue weighted by molar-refractivity contribution is -0.401. The molecule has 1 amide bonds. The van der Waals surface area contributed by atoms with Crippen molar-refractivity contribution in [1.82, 2.24) is 5.32 Å². The molecule has 1 saturated heterocycles. The second-order valence-electron chi connectivity index (χ2n) is 13.1. The van der Waals surface area contributed by atoms with Gasteiger partial charge in [-0.2, -0.15) is 4.58 Å². The van der Waals surface area contributed by atoms with E-state index in [1.165, 1.54) is 28.2 Å². The highest BCUT2D eigenvalue weighted by Gasteiger charge is 2.45. The van der Waals surface area contributed by atoms with Gasteiger partial charge in [-0.3, -0.25) is 4.79 Å². The molecule has 5 atom stereocenters. The molecular formula is C35H46N3O6+. The molecule has 0 aromatic heterocycles. The summed E-state index contributed by atoms with van der Waals surface area (Å²) < 4.78 is 7.41. The number of aliphatic hydroxyl groups is 4. The zero-order chi connectivity index (χ0) is 31.8. The number of amides is 1. The predicted octanol–water partition coefficient (Wildman–Crippen LogP) is 3.02. The molecule has 0 saturated carbocycles. The summed E-state index contributed by atoms with van der Waals surface area (Å²) in [7, 11) is 2.12. The molecule has 3 aliphatic heterocycles. The van der Waals surface area contributed by atoms with Crippen molar-refractivity contribution in [2.75, 3.05) is 25.1 Å². The predicted molar refractivity (Wildman–Crippen MR) is 170 cm³/mol. The Morgan fingerprint density at radius 1 is 0.977 bits per heavy atom. The van der Waals surface area contributed by atoms with Gasteiger partial charge in [-0.15, -0.1) is 0 Å². The normalized spacial score (nSPS) is 28.1. The average molecular weight is 605 g/mol. The smallest absolute Gasteiger partial charge is 0.220 e. The fourth-order valence-corrected chi connectivity index (χ4v) is 6.98. The van der Waals surface area contributed by atoms with Crippen LogP contribution in [0.5, 0.6) is 0 Å². The van der Waals surface area contributed by atoms with Crippen LogP contribution in [0.15, 0.2) is 72.5 Å². The SMILES string of the molecule is C[N+]1=C(/C=C/C=C2/N(CCCCC(=O)N[C@H]3C(O)O[C@H](CO)[C@H](O)[C@@H]3O)c3ccccc3C2(C)C)C(C)(C)c2ccccc21. The van der Waals surface area contributed by atoms with Gasteiger partial charge < -0.3 is 35.4 Å². The molecule has 2 aromatic rings. The zero-order valence-electron chi connectivity index (χ0n) is 26.3. The first kappa shape index (κ1) is 32.1. The number of carbonyl (C=O) groups excluding carboxylic acids is 1. The Morgan fingerprint density at radius 2 is 1.66 bits per heavy atom. The molecule has 0 aliphatic carbocycles. The van der Waals surface area contributed by atoms with E-state index in [4.69, 9.17) is 4.74 Å². The Morgan fingerprint density at radius 3 is 2.36 bits per heavy atom. The van der Waals surface area contributed by atoms with E-state index in [1.54, 1.807) is 0 Å². The van der Waals surface area contributed by atoms with Gasteiger partial charge in [0.2, 0.25) is 11.6 Å². The summed E-state index contributed by atoms with van der Waals surface area (Å²) in [5.41, 5.74) is 7.09. The Hall–Kier alpha value is -3.34. The highest BCUT2D eigenvalue weighted by atomic mass is 16.6. The number of para-hydroxylation sites is 2. The van der Waals surface area contributed by atoms with E-state index in [1.807, 2.05) is 0 Å². The summed E-state index contributed by atoms with van der Waals surface area (Å²) in [6.45, 7) is 9.17. The fraction of sp³-hybridized carbons (Fsp3) is 0.486.